The first-order valence-electron chi connectivity index (χ1n) is 10.6. The fourth-order valence-electron chi connectivity index (χ4n) is 3.24. The molecule has 4 aromatic rings. The molecule has 0 unspecified atom stereocenters. The third-order valence-electron chi connectivity index (χ3n) is 4.80. The first kappa shape index (κ1) is 22.6. The molecule has 1 N–H and O–H groups in total. The summed E-state index contributed by atoms with van der Waals surface area (Å²) in [7, 11) is 1.87. The second-order valence-corrected chi connectivity index (χ2v) is 8.00. The number of hydrogen-bond donors (Lipinski definition) is 1. The number of thioether (sulfide) groups is 1. The second-order valence-electron chi connectivity index (χ2n) is 7.05. The molecule has 2 aromatic heterocycles. The summed E-state index contributed by atoms with van der Waals surface area (Å²) in [5.74, 6) is 1.98. The lowest BCUT2D eigenvalue weighted by Crippen LogP contribution is -2.15. The van der Waals surface area contributed by atoms with Crippen molar-refractivity contribution in [3.05, 3.63) is 48.3 Å². The number of hydrogen-bond acceptors (Lipinski definition) is 8. The van der Waals surface area contributed by atoms with Gasteiger partial charge in [-0.25, -0.2) is 4.68 Å². The van der Waals surface area contributed by atoms with Crippen LogP contribution in [-0.4, -0.2) is 54.6 Å². The number of rotatable bonds is 10. The van der Waals surface area contributed by atoms with Gasteiger partial charge in [0.05, 0.1) is 30.2 Å². The molecule has 0 aliphatic heterocycles. The molecule has 0 saturated heterocycles. The number of fused-ring (bicyclic) bond motifs is 1. The van der Waals surface area contributed by atoms with Crippen molar-refractivity contribution in [2.45, 2.75) is 25.5 Å². The number of amides is 1. The topological polar surface area (TPSA) is 109 Å². The summed E-state index contributed by atoms with van der Waals surface area (Å²) >= 11 is 1.31. The minimum atomic E-state index is -0.179. The van der Waals surface area contributed by atoms with Crippen molar-refractivity contribution >= 4 is 34.4 Å². The number of nitrogens with zero attached hydrogens (tertiary/aromatic N) is 6. The Bertz CT molecular complexity index is 1250. The maximum Gasteiger partial charge on any atom is 0.234 e. The Morgan fingerprint density at radius 1 is 1.06 bits per heavy atom. The van der Waals surface area contributed by atoms with Crippen LogP contribution >= 0.6 is 11.8 Å². The van der Waals surface area contributed by atoms with E-state index < -0.39 is 0 Å². The van der Waals surface area contributed by atoms with Crippen LogP contribution in [0.3, 0.4) is 0 Å². The summed E-state index contributed by atoms with van der Waals surface area (Å²) in [6, 6.07) is 13.1. The highest BCUT2D eigenvalue weighted by atomic mass is 32.2. The molecule has 0 bridgehead atoms. The summed E-state index contributed by atoms with van der Waals surface area (Å²) in [6.45, 7) is 5.26. The quantitative estimate of drug-likeness (QED) is 0.354. The fourth-order valence-corrected chi connectivity index (χ4v) is 3.97. The van der Waals surface area contributed by atoms with E-state index in [0.29, 0.717) is 42.1 Å². The predicted octanol–water partition coefficient (Wildman–Crippen LogP) is 3.14. The summed E-state index contributed by atoms with van der Waals surface area (Å²) in [6.07, 6.45) is 0. The van der Waals surface area contributed by atoms with Gasteiger partial charge in [-0.2, -0.15) is 0 Å². The predicted molar refractivity (Wildman–Crippen MR) is 126 cm³/mol. The summed E-state index contributed by atoms with van der Waals surface area (Å²) in [5.41, 5.74) is 2.32. The van der Waals surface area contributed by atoms with E-state index in [2.05, 4.69) is 25.8 Å². The van der Waals surface area contributed by atoms with E-state index in [1.165, 1.54) is 11.8 Å². The van der Waals surface area contributed by atoms with Gasteiger partial charge in [0.2, 0.25) is 5.91 Å². The van der Waals surface area contributed by atoms with E-state index in [9.17, 15) is 4.79 Å². The SMILES string of the molecule is CCOc1ccc(OCC)c(NC(=O)CSc2nnc(Cn3nnc4ccccc43)n2C)c1. The summed E-state index contributed by atoms with van der Waals surface area (Å²) in [4.78, 5) is 12.6. The third kappa shape index (κ3) is 5.25. The van der Waals surface area contributed by atoms with Crippen molar-refractivity contribution in [2.75, 3.05) is 24.3 Å². The molecule has 1 amide bonds. The molecule has 0 spiro atoms. The smallest absolute Gasteiger partial charge is 0.234 e. The standard InChI is InChI=1S/C22H25N7O3S/c1-4-31-15-10-11-19(32-5-2)17(12-15)23-21(30)14-33-22-26-25-20(28(22)3)13-29-18-9-7-6-8-16(18)24-27-29/h6-12H,4-5,13-14H2,1-3H3,(H,23,30). The molecule has 0 saturated carbocycles. The second kappa shape index (κ2) is 10.3. The number of benzene rings is 2. The van der Waals surface area contributed by atoms with Gasteiger partial charge in [-0.3, -0.25) is 4.79 Å². The molecule has 0 fully saturated rings. The number of anilines is 1. The molecule has 11 heteroatoms. The Morgan fingerprint density at radius 2 is 1.88 bits per heavy atom. The van der Waals surface area contributed by atoms with Crippen molar-refractivity contribution < 1.29 is 14.3 Å². The van der Waals surface area contributed by atoms with Crippen LogP contribution in [0.5, 0.6) is 11.5 Å². The first-order chi connectivity index (χ1) is 16.1. The van der Waals surface area contributed by atoms with Gasteiger partial charge in [0.25, 0.3) is 0 Å². The maximum atomic E-state index is 12.6. The van der Waals surface area contributed by atoms with Crippen LogP contribution in [0.25, 0.3) is 11.0 Å². The number of carbonyl (C=O) groups is 1. The number of carbonyl (C=O) groups excluding carboxylic acids is 1. The van der Waals surface area contributed by atoms with Crippen LogP contribution < -0.4 is 14.8 Å². The molecule has 0 atom stereocenters. The van der Waals surface area contributed by atoms with Crippen molar-refractivity contribution in [3.8, 4) is 11.5 Å². The molecule has 0 radical (unpaired) electrons. The van der Waals surface area contributed by atoms with Crippen LogP contribution in [0.1, 0.15) is 19.7 Å². The number of aromatic nitrogens is 6. The van der Waals surface area contributed by atoms with Crippen LogP contribution in [0.15, 0.2) is 47.6 Å². The molecule has 2 aromatic carbocycles. The van der Waals surface area contributed by atoms with Gasteiger partial charge in [-0.15, -0.1) is 15.3 Å². The first-order valence-corrected chi connectivity index (χ1v) is 11.6. The average molecular weight is 468 g/mol. The molecule has 33 heavy (non-hydrogen) atoms. The van der Waals surface area contributed by atoms with E-state index in [4.69, 9.17) is 9.47 Å². The Hall–Kier alpha value is -3.60. The fraction of sp³-hybridized carbons (Fsp3) is 0.318. The monoisotopic (exact) mass is 467 g/mol. The molecule has 0 aliphatic carbocycles. The van der Waals surface area contributed by atoms with Gasteiger partial charge in [0, 0.05) is 13.1 Å². The summed E-state index contributed by atoms with van der Waals surface area (Å²) in [5, 5.41) is 20.4. The van der Waals surface area contributed by atoms with Gasteiger partial charge < -0.3 is 19.4 Å². The van der Waals surface area contributed by atoms with Gasteiger partial charge in [-0.1, -0.05) is 29.1 Å². The van der Waals surface area contributed by atoms with E-state index in [0.717, 1.165) is 16.9 Å². The van der Waals surface area contributed by atoms with Crippen molar-refractivity contribution in [3.63, 3.8) is 0 Å². The Labute approximate surface area is 195 Å². The third-order valence-corrected chi connectivity index (χ3v) is 5.83. The van der Waals surface area contributed by atoms with Crippen LogP contribution in [0.4, 0.5) is 5.69 Å². The van der Waals surface area contributed by atoms with Crippen LogP contribution in [0.2, 0.25) is 0 Å². The lowest BCUT2D eigenvalue weighted by atomic mass is 10.2. The zero-order valence-electron chi connectivity index (χ0n) is 18.7. The minimum Gasteiger partial charge on any atom is -0.494 e. The number of para-hydroxylation sites is 1. The lowest BCUT2D eigenvalue weighted by Gasteiger charge is -2.13. The maximum absolute atomic E-state index is 12.6. The lowest BCUT2D eigenvalue weighted by molar-refractivity contribution is -0.113. The van der Waals surface area contributed by atoms with E-state index in [1.54, 1.807) is 16.8 Å². The van der Waals surface area contributed by atoms with Gasteiger partial charge in [0.1, 0.15) is 23.6 Å². The normalized spacial score (nSPS) is 11.0. The largest absolute Gasteiger partial charge is 0.494 e. The molecule has 172 valence electrons. The van der Waals surface area contributed by atoms with Crippen LogP contribution in [-0.2, 0) is 18.4 Å². The van der Waals surface area contributed by atoms with Gasteiger partial charge in [0.15, 0.2) is 11.0 Å². The minimum absolute atomic E-state index is 0.169. The molecular formula is C22H25N7O3S. The zero-order chi connectivity index (χ0) is 23.2. The molecule has 4 rings (SSSR count). The molecule has 2 heterocycles. The molecular weight excluding hydrogens is 442 g/mol. The molecule has 10 nitrogen and oxygen atoms in total. The van der Waals surface area contributed by atoms with E-state index >= 15 is 0 Å². The Morgan fingerprint density at radius 3 is 2.70 bits per heavy atom. The number of nitrogens with one attached hydrogen (secondary N) is 1. The van der Waals surface area contributed by atoms with Gasteiger partial charge >= 0.3 is 0 Å². The van der Waals surface area contributed by atoms with E-state index in [1.807, 2.05) is 55.8 Å². The Balaban J connectivity index is 1.40. The molecule has 0 aliphatic rings. The van der Waals surface area contributed by atoms with E-state index in [-0.39, 0.29) is 11.7 Å². The number of ether oxygens (including phenoxy) is 2. The highest BCUT2D eigenvalue weighted by molar-refractivity contribution is 7.99. The average Bonchev–Trinajstić information content (AvgIpc) is 3.38. The van der Waals surface area contributed by atoms with Gasteiger partial charge in [-0.05, 0) is 38.1 Å². The highest BCUT2D eigenvalue weighted by Crippen LogP contribution is 2.30. The van der Waals surface area contributed by atoms with Crippen molar-refractivity contribution in [1.82, 2.24) is 29.8 Å². The highest BCUT2D eigenvalue weighted by Gasteiger charge is 2.15. The van der Waals surface area contributed by atoms with Crippen molar-refractivity contribution in [2.24, 2.45) is 7.05 Å². The van der Waals surface area contributed by atoms with Crippen molar-refractivity contribution in [1.29, 1.82) is 0 Å². The summed E-state index contributed by atoms with van der Waals surface area (Å²) < 4.78 is 14.8. The van der Waals surface area contributed by atoms with Crippen LogP contribution in [0, 0.1) is 0 Å². The zero-order valence-corrected chi connectivity index (χ0v) is 19.5. The Kier molecular flexibility index (Phi) is 7.08.